The molecule has 0 aliphatic carbocycles. The third-order valence-electron chi connectivity index (χ3n) is 1.71. The molecule has 0 bridgehead atoms. The molecular weight excluding hydrogens is 140 g/mol. The summed E-state index contributed by atoms with van der Waals surface area (Å²) in [5, 5.41) is 0. The fourth-order valence-electron chi connectivity index (χ4n) is 1.01. The van der Waals surface area contributed by atoms with E-state index in [0.29, 0.717) is 13.4 Å². The lowest BCUT2D eigenvalue weighted by Crippen LogP contribution is -2.27. The molecule has 1 aliphatic rings. The van der Waals surface area contributed by atoms with Crippen LogP contribution in [-0.2, 0) is 9.47 Å². The highest BCUT2D eigenvalue weighted by molar-refractivity contribution is 4.96. The van der Waals surface area contributed by atoms with Crippen molar-refractivity contribution in [2.75, 3.05) is 13.4 Å². The van der Waals surface area contributed by atoms with Crippen molar-refractivity contribution in [2.45, 2.75) is 26.9 Å². The molecule has 0 fully saturated rings. The molecule has 0 spiro atoms. The second-order valence-electron chi connectivity index (χ2n) is 3.87. The molecule has 0 aromatic heterocycles. The Morgan fingerprint density at radius 2 is 2.09 bits per heavy atom. The van der Waals surface area contributed by atoms with Gasteiger partial charge in [-0.05, 0) is 5.41 Å². The summed E-state index contributed by atoms with van der Waals surface area (Å²) < 4.78 is 10.6. The zero-order valence-corrected chi connectivity index (χ0v) is 7.46. The van der Waals surface area contributed by atoms with Crippen LogP contribution >= 0.6 is 0 Å². The van der Waals surface area contributed by atoms with E-state index in [0.717, 1.165) is 0 Å². The van der Waals surface area contributed by atoms with Gasteiger partial charge in [0.1, 0.15) is 6.79 Å². The van der Waals surface area contributed by atoms with Crippen LogP contribution in [0.15, 0.2) is 12.2 Å². The molecule has 1 unspecified atom stereocenters. The summed E-state index contributed by atoms with van der Waals surface area (Å²) in [6.07, 6.45) is 4.28. The molecule has 11 heavy (non-hydrogen) atoms. The van der Waals surface area contributed by atoms with Gasteiger partial charge in [-0.2, -0.15) is 0 Å². The maximum absolute atomic E-state index is 5.46. The molecule has 0 N–H and O–H groups in total. The molecule has 0 amide bonds. The highest BCUT2D eigenvalue weighted by Gasteiger charge is 2.23. The Hall–Kier alpha value is -0.340. The van der Waals surface area contributed by atoms with Crippen molar-refractivity contribution < 1.29 is 9.47 Å². The third-order valence-corrected chi connectivity index (χ3v) is 1.71. The smallest absolute Gasteiger partial charge is 0.147 e. The van der Waals surface area contributed by atoms with Crippen LogP contribution in [0.25, 0.3) is 0 Å². The summed E-state index contributed by atoms with van der Waals surface area (Å²) in [6.45, 7) is 7.56. The van der Waals surface area contributed by atoms with Gasteiger partial charge in [0.15, 0.2) is 0 Å². The maximum Gasteiger partial charge on any atom is 0.147 e. The van der Waals surface area contributed by atoms with Crippen molar-refractivity contribution in [3.63, 3.8) is 0 Å². The Balaban J connectivity index is 2.56. The van der Waals surface area contributed by atoms with E-state index in [9.17, 15) is 0 Å². The number of hydrogen-bond acceptors (Lipinski definition) is 2. The Morgan fingerprint density at radius 3 is 2.73 bits per heavy atom. The Labute approximate surface area is 68.2 Å². The first-order valence-electron chi connectivity index (χ1n) is 3.97. The molecule has 0 saturated carbocycles. The Kier molecular flexibility index (Phi) is 2.68. The molecule has 0 aromatic carbocycles. The fourth-order valence-corrected chi connectivity index (χ4v) is 1.01. The monoisotopic (exact) mass is 156 g/mol. The summed E-state index contributed by atoms with van der Waals surface area (Å²) in [6, 6.07) is 0. The topological polar surface area (TPSA) is 18.5 Å². The summed E-state index contributed by atoms with van der Waals surface area (Å²) in [7, 11) is 0. The van der Waals surface area contributed by atoms with Crippen molar-refractivity contribution in [3.05, 3.63) is 12.2 Å². The number of ether oxygens (including phenoxy) is 2. The van der Waals surface area contributed by atoms with Crippen molar-refractivity contribution in [2.24, 2.45) is 5.41 Å². The summed E-state index contributed by atoms with van der Waals surface area (Å²) in [5.41, 5.74) is 0.171. The highest BCUT2D eigenvalue weighted by Crippen LogP contribution is 2.24. The van der Waals surface area contributed by atoms with Gasteiger partial charge in [0.05, 0.1) is 12.7 Å². The zero-order chi connectivity index (χ0) is 8.32. The van der Waals surface area contributed by atoms with Crippen LogP contribution in [0, 0.1) is 5.41 Å². The van der Waals surface area contributed by atoms with E-state index in [-0.39, 0.29) is 11.5 Å². The van der Waals surface area contributed by atoms with Gasteiger partial charge in [-0.15, -0.1) is 0 Å². The Bertz CT molecular complexity index is 144. The molecular formula is C9H16O2. The molecule has 1 rings (SSSR count). The molecule has 0 radical (unpaired) electrons. The average molecular weight is 156 g/mol. The van der Waals surface area contributed by atoms with Crippen molar-refractivity contribution >= 4 is 0 Å². The first-order chi connectivity index (χ1) is 5.11. The second kappa shape index (κ2) is 3.37. The van der Waals surface area contributed by atoms with Gasteiger partial charge in [0.25, 0.3) is 0 Å². The van der Waals surface area contributed by atoms with Crippen molar-refractivity contribution in [1.29, 1.82) is 0 Å². The van der Waals surface area contributed by atoms with Crippen LogP contribution < -0.4 is 0 Å². The Morgan fingerprint density at radius 1 is 1.36 bits per heavy atom. The van der Waals surface area contributed by atoms with Crippen molar-refractivity contribution in [1.82, 2.24) is 0 Å². The molecule has 0 aromatic rings. The average Bonchev–Trinajstić information content (AvgIpc) is 2.10. The lowest BCUT2D eigenvalue weighted by atomic mass is 9.89. The summed E-state index contributed by atoms with van der Waals surface area (Å²) in [4.78, 5) is 0. The second-order valence-corrected chi connectivity index (χ2v) is 3.87. The van der Waals surface area contributed by atoms with Crippen LogP contribution in [0.1, 0.15) is 20.8 Å². The standard InChI is InChI=1S/C9H16O2/c1-9(2,3)8-5-4-6-10-7-11-8/h4-5,8H,6-7H2,1-3H3. The van der Waals surface area contributed by atoms with Gasteiger partial charge >= 0.3 is 0 Å². The molecule has 1 aliphatic heterocycles. The van der Waals surface area contributed by atoms with Gasteiger partial charge in [0.2, 0.25) is 0 Å². The van der Waals surface area contributed by atoms with Crippen LogP contribution in [-0.4, -0.2) is 19.5 Å². The van der Waals surface area contributed by atoms with Gasteiger partial charge in [-0.25, -0.2) is 0 Å². The predicted octanol–water partition coefficient (Wildman–Crippen LogP) is 1.96. The van der Waals surface area contributed by atoms with Crippen LogP contribution in [0.5, 0.6) is 0 Å². The van der Waals surface area contributed by atoms with Crippen LogP contribution in [0.3, 0.4) is 0 Å². The van der Waals surface area contributed by atoms with E-state index >= 15 is 0 Å². The summed E-state index contributed by atoms with van der Waals surface area (Å²) in [5.74, 6) is 0. The van der Waals surface area contributed by atoms with Gasteiger partial charge in [-0.1, -0.05) is 32.9 Å². The van der Waals surface area contributed by atoms with E-state index < -0.39 is 0 Å². The van der Waals surface area contributed by atoms with Gasteiger partial charge < -0.3 is 9.47 Å². The lowest BCUT2D eigenvalue weighted by molar-refractivity contribution is -0.0890. The highest BCUT2D eigenvalue weighted by atomic mass is 16.7. The quantitative estimate of drug-likeness (QED) is 0.499. The van der Waals surface area contributed by atoms with Crippen molar-refractivity contribution in [3.8, 4) is 0 Å². The van der Waals surface area contributed by atoms with Crippen LogP contribution in [0.4, 0.5) is 0 Å². The minimum Gasteiger partial charge on any atom is -0.351 e. The predicted molar refractivity (Wildman–Crippen MR) is 44.3 cm³/mol. The van der Waals surface area contributed by atoms with E-state index in [1.54, 1.807) is 0 Å². The SMILES string of the molecule is CC(C)(C)C1C=CCOCO1. The normalized spacial score (nSPS) is 26.6. The molecule has 1 atom stereocenters. The van der Waals surface area contributed by atoms with E-state index in [2.05, 4.69) is 26.8 Å². The molecule has 2 nitrogen and oxygen atoms in total. The molecule has 2 heteroatoms. The number of hydrogen-bond donors (Lipinski definition) is 0. The largest absolute Gasteiger partial charge is 0.351 e. The minimum atomic E-state index is 0.171. The minimum absolute atomic E-state index is 0.171. The van der Waals surface area contributed by atoms with E-state index in [1.807, 2.05) is 6.08 Å². The lowest BCUT2D eigenvalue weighted by Gasteiger charge is -2.26. The van der Waals surface area contributed by atoms with Crippen LogP contribution in [0.2, 0.25) is 0 Å². The maximum atomic E-state index is 5.46. The number of rotatable bonds is 0. The zero-order valence-electron chi connectivity index (χ0n) is 7.46. The van der Waals surface area contributed by atoms with E-state index in [4.69, 9.17) is 9.47 Å². The third kappa shape index (κ3) is 2.64. The fraction of sp³-hybridized carbons (Fsp3) is 0.778. The van der Waals surface area contributed by atoms with Gasteiger partial charge in [-0.3, -0.25) is 0 Å². The summed E-state index contributed by atoms with van der Waals surface area (Å²) >= 11 is 0. The first-order valence-corrected chi connectivity index (χ1v) is 3.97. The molecule has 64 valence electrons. The molecule has 0 saturated heterocycles. The first kappa shape index (κ1) is 8.75. The van der Waals surface area contributed by atoms with E-state index in [1.165, 1.54) is 0 Å². The van der Waals surface area contributed by atoms with Gasteiger partial charge in [0, 0.05) is 0 Å². The molecule has 1 heterocycles.